The van der Waals surface area contributed by atoms with Crippen LogP contribution < -0.4 is 62.7 Å². The molecule has 3 aromatic rings. The highest BCUT2D eigenvalue weighted by Gasteiger charge is 2.20. The third-order valence-electron chi connectivity index (χ3n) is 8.32. The van der Waals surface area contributed by atoms with E-state index in [4.69, 9.17) is 90.6 Å². The number of hydrogen-bond donors (Lipinski definition) is 23. The first-order valence-electron chi connectivity index (χ1n) is 22.3. The highest BCUT2D eigenvalue weighted by Crippen LogP contribution is 2.11. The molecule has 0 saturated carbocycles. The quantitative estimate of drug-likeness (QED) is 0.0500. The van der Waals surface area contributed by atoms with Gasteiger partial charge >= 0.3 is 53.7 Å². The number of carboxylic acid groups (broad SMARTS) is 9. The molecule has 1 aliphatic heterocycles. The molecule has 2 aromatic carbocycles. The van der Waals surface area contributed by atoms with Crippen LogP contribution in [0.15, 0.2) is 67.1 Å². The topological polar surface area (TPSA) is 711 Å². The number of aliphatic carboxylic acids is 9. The van der Waals surface area contributed by atoms with Gasteiger partial charge < -0.3 is 124 Å². The van der Waals surface area contributed by atoms with Crippen molar-refractivity contribution < 1.29 is 109 Å². The molecule has 446 valence electrons. The number of carboxylic acids is 9. The number of benzene rings is 2. The second-order valence-electron chi connectivity index (χ2n) is 15.2. The van der Waals surface area contributed by atoms with E-state index in [9.17, 15) is 52.7 Å². The number of H-pyrrole nitrogens is 1. The molecule has 2 amide bonds. The number of imidazole rings is 1. The number of aliphatic hydroxyl groups is 1. The van der Waals surface area contributed by atoms with Crippen LogP contribution in [0, 0.1) is 0 Å². The molecule has 0 spiro atoms. The number of carbonyl (C=O) groups excluding carboxylic acids is 2. The molecule has 35 nitrogen and oxygen atoms in total. The van der Waals surface area contributed by atoms with Crippen molar-refractivity contribution in [3.8, 4) is 5.75 Å². The molecule has 0 bridgehead atoms. The van der Waals surface area contributed by atoms with Crippen LogP contribution in [0.5, 0.6) is 5.75 Å². The van der Waals surface area contributed by atoms with E-state index in [-0.39, 0.29) is 50.6 Å². The lowest BCUT2D eigenvalue weighted by Crippen LogP contribution is -2.34. The Balaban J connectivity index is -0.000000264. The summed E-state index contributed by atoms with van der Waals surface area (Å²) in [6.45, 7) is -0.202. The number of phenolic OH excluding ortho intramolecular Hbond substituents is 1. The number of aromatic nitrogens is 2. The summed E-state index contributed by atoms with van der Waals surface area (Å²) in [5.74, 6) is -10.5. The Labute approximate surface area is 449 Å². The highest BCUT2D eigenvalue weighted by molar-refractivity contribution is 5.83. The minimum Gasteiger partial charge on any atom is -0.508 e. The van der Waals surface area contributed by atoms with Crippen molar-refractivity contribution in [1.82, 2.24) is 15.3 Å². The van der Waals surface area contributed by atoms with Gasteiger partial charge in [0.15, 0.2) is 0 Å². The lowest BCUT2D eigenvalue weighted by molar-refractivity contribution is -0.140. The summed E-state index contributed by atoms with van der Waals surface area (Å²) in [6, 6.07) is 9.38. The maximum absolute atomic E-state index is 10.4. The molecular formula is C44H73N13O22. The van der Waals surface area contributed by atoms with Gasteiger partial charge in [-0.25, -0.2) is 4.98 Å². The van der Waals surface area contributed by atoms with Crippen LogP contribution >= 0.6 is 0 Å². The summed E-state index contributed by atoms with van der Waals surface area (Å²) in [5.41, 5.74) is 51.4. The summed E-state index contributed by atoms with van der Waals surface area (Å²) in [6.07, 6.45) is 5.20. The molecule has 7 atom stereocenters. The average Bonchev–Trinajstić information content (AvgIpc) is 4.12. The molecule has 0 aliphatic carbocycles. The fourth-order valence-corrected chi connectivity index (χ4v) is 4.23. The first-order valence-corrected chi connectivity index (χ1v) is 22.3. The van der Waals surface area contributed by atoms with Gasteiger partial charge in [0.05, 0.1) is 44.6 Å². The highest BCUT2D eigenvalue weighted by atomic mass is 16.4. The molecule has 1 fully saturated rings. The molecule has 4 rings (SSSR count). The number of carbonyl (C=O) groups is 11. The van der Waals surface area contributed by atoms with Crippen LogP contribution in [-0.2, 0) is 72.0 Å². The zero-order chi connectivity index (χ0) is 62.4. The van der Waals surface area contributed by atoms with Crippen molar-refractivity contribution in [3.05, 3.63) is 83.9 Å². The van der Waals surface area contributed by atoms with E-state index in [1.165, 1.54) is 18.5 Å². The smallest absolute Gasteiger partial charge is 0.322 e. The molecule has 1 saturated heterocycles. The second-order valence-corrected chi connectivity index (χ2v) is 15.2. The third-order valence-corrected chi connectivity index (χ3v) is 8.32. The lowest BCUT2D eigenvalue weighted by Gasteiger charge is -2.05. The van der Waals surface area contributed by atoms with Crippen LogP contribution in [0.25, 0.3) is 0 Å². The number of amides is 2. The Hall–Kier alpha value is -8.78. The summed E-state index contributed by atoms with van der Waals surface area (Å²) < 4.78 is 0. The van der Waals surface area contributed by atoms with Crippen molar-refractivity contribution >= 4 is 65.5 Å². The Bertz CT molecular complexity index is 2190. The number of aromatic amines is 1. The van der Waals surface area contributed by atoms with Gasteiger partial charge in [-0.2, -0.15) is 0 Å². The number of phenols is 1. The standard InChI is InChI=1S/C9H11NO3.C9H11NO2.C6H9N3O2.C5H9NO2.2C4H8N2O3.C3H7NO3.2C2H5NO2/c10-8(9(12)13)5-6-1-3-7(11)4-2-6;10-8(9(11)12)6-7-4-2-1-3-5-7;7-5(6(10)11)1-4-2-8-3-9-4;7-5(8)4-2-1-3-6-4;2*5-2(4(8)9)1-3(6)7;4-2(1-5)3(6)7;2*3-1-2(4)5/h1-4,8,11H,5,10H2,(H,12,13);1-5,8H,6,10H2,(H,11,12);2-3,5H,1,7H2,(H,8,9)(H,10,11);4,6H,1-3H2,(H,7,8);2*2H,1,5H2,(H2,6,7)(H,8,9);2,5H,1,4H2,(H,6,7);2*1,3H2,(H,4,5)/t2*8-;5-;4-;3*2-;;/m0000000../s1. The van der Waals surface area contributed by atoms with Crippen molar-refractivity contribution in [2.75, 3.05) is 26.2 Å². The number of aromatic hydroxyl groups is 1. The van der Waals surface area contributed by atoms with E-state index in [1.54, 1.807) is 18.3 Å². The van der Waals surface area contributed by atoms with Crippen LogP contribution in [-0.4, -0.2) is 200 Å². The number of hydrogen-bond acceptors (Lipinski definition) is 23. The zero-order valence-corrected chi connectivity index (χ0v) is 42.3. The summed E-state index contributed by atoms with van der Waals surface area (Å²) >= 11 is 0. The number of nitrogens with two attached hydrogens (primary N) is 10. The molecule has 1 aliphatic rings. The lowest BCUT2D eigenvalue weighted by atomic mass is 10.1. The van der Waals surface area contributed by atoms with E-state index in [0.717, 1.165) is 30.5 Å². The van der Waals surface area contributed by atoms with E-state index < -0.39 is 108 Å². The van der Waals surface area contributed by atoms with Crippen molar-refractivity contribution in [3.63, 3.8) is 0 Å². The Kier molecular flexibility index (Phi) is 47.7. The number of aliphatic hydroxyl groups excluding tert-OH is 1. The zero-order valence-electron chi connectivity index (χ0n) is 42.3. The number of nitrogens with zero attached hydrogens (tertiary/aromatic N) is 1. The van der Waals surface area contributed by atoms with Gasteiger partial charge in [-0.3, -0.25) is 52.7 Å². The van der Waals surface area contributed by atoms with Crippen LogP contribution in [0.4, 0.5) is 0 Å². The van der Waals surface area contributed by atoms with Gasteiger partial charge in [0.25, 0.3) is 0 Å². The first-order chi connectivity index (χ1) is 36.6. The second kappa shape index (κ2) is 47.7. The van der Waals surface area contributed by atoms with E-state index in [0.29, 0.717) is 12.1 Å². The van der Waals surface area contributed by atoms with Gasteiger partial charge in [-0.05, 0) is 55.5 Å². The molecule has 1 aromatic heterocycles. The monoisotopic (exact) mass is 1140 g/mol. The van der Waals surface area contributed by atoms with Gasteiger partial charge in [0.1, 0.15) is 48.0 Å². The largest absolute Gasteiger partial charge is 0.508 e. The molecule has 35 heteroatoms. The van der Waals surface area contributed by atoms with Crippen LogP contribution in [0.2, 0.25) is 0 Å². The van der Waals surface area contributed by atoms with Gasteiger partial charge in [-0.1, -0.05) is 42.5 Å². The maximum atomic E-state index is 10.4. The third kappa shape index (κ3) is 52.5. The molecule has 0 unspecified atom stereocenters. The minimum atomic E-state index is -1.21. The van der Waals surface area contributed by atoms with Crippen molar-refractivity contribution in [2.24, 2.45) is 57.3 Å². The number of rotatable bonds is 20. The van der Waals surface area contributed by atoms with Crippen molar-refractivity contribution in [2.45, 2.75) is 87.2 Å². The predicted octanol–water partition coefficient (Wildman–Crippen LogP) is -6.83. The van der Waals surface area contributed by atoms with E-state index >= 15 is 0 Å². The minimum absolute atomic E-state index is 0.160. The number of primary amides is 2. The normalized spacial score (nSPS) is 13.6. The predicted molar refractivity (Wildman–Crippen MR) is 275 cm³/mol. The molecule has 0 radical (unpaired) electrons. The van der Waals surface area contributed by atoms with Gasteiger partial charge in [0.2, 0.25) is 11.8 Å². The molecular weight excluding hydrogens is 1060 g/mol. The fraction of sp³-hybridized carbons (Fsp3) is 0.409. The maximum Gasteiger partial charge on any atom is 0.322 e. The Morgan fingerprint density at radius 3 is 1.11 bits per heavy atom. The van der Waals surface area contributed by atoms with Crippen molar-refractivity contribution in [1.29, 1.82) is 0 Å². The molecule has 2 heterocycles. The molecule has 33 N–H and O–H groups in total. The SMILES string of the molecule is NC(=O)C[C@H](N)C(=O)O.NC(=O)C[C@H](N)C(=O)O.NCC(=O)O.NCC(=O)O.N[C@@H](CO)C(=O)O.N[C@@H](Cc1c[nH]cn1)C(=O)O.N[C@@H](Cc1ccc(O)cc1)C(=O)O.N[C@@H](Cc1ccccc1)C(=O)O.O=C(O)[C@@H]1CCCN1. The van der Waals surface area contributed by atoms with Crippen LogP contribution in [0.3, 0.4) is 0 Å². The Morgan fingerprint density at radius 1 is 0.532 bits per heavy atom. The van der Waals surface area contributed by atoms with Gasteiger partial charge in [-0.15, -0.1) is 0 Å². The summed E-state index contributed by atoms with van der Waals surface area (Å²) in [4.78, 5) is 116. The summed E-state index contributed by atoms with van der Waals surface area (Å²) in [7, 11) is 0. The molecule has 79 heavy (non-hydrogen) atoms. The van der Waals surface area contributed by atoms with Crippen LogP contribution in [0.1, 0.15) is 42.5 Å². The first kappa shape index (κ1) is 79.1. The Morgan fingerprint density at radius 2 is 0.886 bits per heavy atom. The van der Waals surface area contributed by atoms with E-state index in [2.05, 4.69) is 38.2 Å². The van der Waals surface area contributed by atoms with Gasteiger partial charge in [0, 0.05) is 12.6 Å². The number of nitrogens with one attached hydrogen (secondary N) is 2. The summed E-state index contributed by atoms with van der Waals surface area (Å²) in [5, 5.41) is 92.9. The fourth-order valence-electron chi connectivity index (χ4n) is 4.23. The average molecular weight is 1140 g/mol. The van der Waals surface area contributed by atoms with E-state index in [1.807, 2.05) is 30.3 Å².